The number of hydrogen-bond acceptors (Lipinski definition) is 3. The molecule has 0 bridgehead atoms. The van der Waals surface area contributed by atoms with Crippen LogP contribution in [0.15, 0.2) is 24.4 Å². The highest BCUT2D eigenvalue weighted by atomic mass is 16.2. The zero-order chi connectivity index (χ0) is 11.1. The number of pyridine rings is 1. The van der Waals surface area contributed by atoms with E-state index in [1.807, 2.05) is 6.07 Å². The van der Waals surface area contributed by atoms with Crippen LogP contribution in [0.5, 0.6) is 0 Å². The third-order valence-corrected chi connectivity index (χ3v) is 2.50. The fourth-order valence-corrected chi connectivity index (χ4v) is 1.77. The number of fused-ring (bicyclic) bond motifs is 1. The summed E-state index contributed by atoms with van der Waals surface area (Å²) in [6.45, 7) is 0. The van der Waals surface area contributed by atoms with Crippen LogP contribution in [0.4, 0.5) is 4.79 Å². The summed E-state index contributed by atoms with van der Waals surface area (Å²) in [5.41, 5.74) is 2.25. The first-order chi connectivity index (χ1) is 7.74. The number of nitrogens with one attached hydrogen (secondary N) is 3. The maximum Gasteiger partial charge on any atom is 0.322 e. The summed E-state index contributed by atoms with van der Waals surface area (Å²) in [5, 5.41) is 4.70. The molecule has 0 radical (unpaired) electrons. The van der Waals surface area contributed by atoms with Crippen molar-refractivity contribution in [2.24, 2.45) is 0 Å². The molecule has 16 heavy (non-hydrogen) atoms. The molecule has 0 spiro atoms. The van der Waals surface area contributed by atoms with Gasteiger partial charge in [-0.2, -0.15) is 0 Å². The fraction of sp³-hybridized carbons (Fsp3) is 0.100. The lowest BCUT2D eigenvalue weighted by Gasteiger charge is -2.02. The second-order valence-corrected chi connectivity index (χ2v) is 3.56. The van der Waals surface area contributed by atoms with E-state index in [1.54, 1.807) is 18.3 Å². The molecule has 3 rings (SSSR count). The van der Waals surface area contributed by atoms with Crippen LogP contribution in [0.25, 0.3) is 11.0 Å². The van der Waals surface area contributed by atoms with Crippen molar-refractivity contribution in [2.75, 3.05) is 0 Å². The zero-order valence-electron chi connectivity index (χ0n) is 8.15. The van der Waals surface area contributed by atoms with Crippen LogP contribution in [-0.2, 0) is 4.79 Å². The van der Waals surface area contributed by atoms with Gasteiger partial charge in [-0.25, -0.2) is 4.79 Å². The lowest BCUT2D eigenvalue weighted by atomic mass is 10.2. The Balaban J connectivity index is 2.06. The van der Waals surface area contributed by atoms with E-state index in [1.165, 1.54) is 0 Å². The molecule has 6 nitrogen and oxygen atoms in total. The Morgan fingerprint density at radius 3 is 2.88 bits per heavy atom. The molecular formula is C10H8N4O2. The minimum Gasteiger partial charge on any atom is -0.355 e. The quantitative estimate of drug-likeness (QED) is 0.604. The molecule has 1 aliphatic heterocycles. The van der Waals surface area contributed by atoms with Crippen molar-refractivity contribution < 1.29 is 9.59 Å². The van der Waals surface area contributed by atoms with Crippen LogP contribution in [0.1, 0.15) is 11.7 Å². The number of nitrogens with zero attached hydrogens (tertiary/aromatic N) is 1. The molecule has 3 N–H and O–H groups in total. The Hall–Kier alpha value is -2.37. The van der Waals surface area contributed by atoms with E-state index in [2.05, 4.69) is 20.6 Å². The van der Waals surface area contributed by atoms with Crippen LogP contribution >= 0.6 is 0 Å². The lowest BCUT2D eigenvalue weighted by molar-refractivity contribution is -0.120. The molecule has 80 valence electrons. The number of rotatable bonds is 1. The van der Waals surface area contributed by atoms with Crippen molar-refractivity contribution in [3.63, 3.8) is 0 Å². The second-order valence-electron chi connectivity index (χ2n) is 3.56. The van der Waals surface area contributed by atoms with Crippen LogP contribution in [0.2, 0.25) is 0 Å². The Morgan fingerprint density at radius 1 is 1.31 bits per heavy atom. The average Bonchev–Trinajstić information content (AvgIpc) is 2.81. The topological polar surface area (TPSA) is 86.9 Å². The minimum atomic E-state index is -0.651. The molecule has 0 aliphatic carbocycles. The molecule has 6 heteroatoms. The van der Waals surface area contributed by atoms with Crippen molar-refractivity contribution >= 4 is 23.0 Å². The van der Waals surface area contributed by atoms with Gasteiger partial charge >= 0.3 is 6.03 Å². The molecule has 1 fully saturated rings. The highest BCUT2D eigenvalue weighted by Gasteiger charge is 2.31. The van der Waals surface area contributed by atoms with Crippen molar-refractivity contribution in [1.29, 1.82) is 0 Å². The van der Waals surface area contributed by atoms with Crippen LogP contribution < -0.4 is 10.6 Å². The number of urea groups is 1. The van der Waals surface area contributed by atoms with E-state index in [-0.39, 0.29) is 5.91 Å². The maximum absolute atomic E-state index is 11.4. The predicted molar refractivity (Wildman–Crippen MR) is 55.5 cm³/mol. The van der Waals surface area contributed by atoms with Crippen LogP contribution in [0.3, 0.4) is 0 Å². The maximum atomic E-state index is 11.4. The van der Waals surface area contributed by atoms with Gasteiger partial charge in [0.25, 0.3) is 5.91 Å². The lowest BCUT2D eigenvalue weighted by Crippen LogP contribution is -2.22. The first kappa shape index (κ1) is 8.90. The summed E-state index contributed by atoms with van der Waals surface area (Å²) >= 11 is 0. The molecule has 0 aromatic carbocycles. The summed E-state index contributed by atoms with van der Waals surface area (Å²) in [7, 11) is 0. The number of hydrogen-bond donors (Lipinski definition) is 3. The molecular weight excluding hydrogens is 208 g/mol. The standard InChI is InChI=1S/C10H8N4O2/c15-9-8(13-10(16)14-9)7-4-6-5(12-7)2-1-3-11-6/h1-4,8,12H,(H2,13,14,15,16). The van der Waals surface area contributed by atoms with Gasteiger partial charge in [0, 0.05) is 6.20 Å². The SMILES string of the molecule is O=C1NC(=O)C(c2cc3ncccc3[nH]2)N1. The van der Waals surface area contributed by atoms with Crippen LogP contribution in [0, 0.1) is 0 Å². The van der Waals surface area contributed by atoms with Gasteiger partial charge in [0.2, 0.25) is 0 Å². The molecule has 1 aliphatic rings. The van der Waals surface area contributed by atoms with Crippen LogP contribution in [-0.4, -0.2) is 21.9 Å². The zero-order valence-corrected chi connectivity index (χ0v) is 8.15. The van der Waals surface area contributed by atoms with Crippen molar-refractivity contribution in [3.8, 4) is 0 Å². The number of imide groups is 1. The van der Waals surface area contributed by atoms with Gasteiger partial charge in [-0.15, -0.1) is 0 Å². The number of H-pyrrole nitrogens is 1. The molecule has 1 unspecified atom stereocenters. The normalized spacial score (nSPS) is 19.9. The molecule has 0 saturated carbocycles. The predicted octanol–water partition coefficient (Wildman–Crippen LogP) is 0.443. The third kappa shape index (κ3) is 1.23. The number of aromatic amines is 1. The van der Waals surface area contributed by atoms with Gasteiger partial charge in [0.05, 0.1) is 16.7 Å². The van der Waals surface area contributed by atoms with E-state index >= 15 is 0 Å². The summed E-state index contributed by atoms with van der Waals surface area (Å²) in [6.07, 6.45) is 1.67. The van der Waals surface area contributed by atoms with E-state index in [0.29, 0.717) is 5.69 Å². The van der Waals surface area contributed by atoms with Gasteiger partial charge in [0.1, 0.15) is 0 Å². The van der Waals surface area contributed by atoms with Gasteiger partial charge in [-0.3, -0.25) is 15.1 Å². The van der Waals surface area contributed by atoms with E-state index in [0.717, 1.165) is 11.0 Å². The van der Waals surface area contributed by atoms with Gasteiger partial charge in [-0.1, -0.05) is 0 Å². The van der Waals surface area contributed by atoms with Crippen molar-refractivity contribution in [2.45, 2.75) is 6.04 Å². The Bertz CT molecular complexity index is 556. The summed E-state index contributed by atoms with van der Waals surface area (Å²) in [4.78, 5) is 29.6. The van der Waals surface area contributed by atoms with Crippen molar-refractivity contribution in [1.82, 2.24) is 20.6 Å². The van der Waals surface area contributed by atoms with E-state index in [4.69, 9.17) is 0 Å². The smallest absolute Gasteiger partial charge is 0.322 e. The molecule has 2 aromatic heterocycles. The highest BCUT2D eigenvalue weighted by Crippen LogP contribution is 2.20. The Morgan fingerprint density at radius 2 is 2.19 bits per heavy atom. The minimum absolute atomic E-state index is 0.350. The number of aromatic nitrogens is 2. The summed E-state index contributed by atoms with van der Waals surface area (Å²) in [5.74, 6) is -0.350. The third-order valence-electron chi connectivity index (χ3n) is 2.50. The second kappa shape index (κ2) is 3.06. The van der Waals surface area contributed by atoms with Gasteiger partial charge in [-0.05, 0) is 18.2 Å². The van der Waals surface area contributed by atoms with E-state index in [9.17, 15) is 9.59 Å². The fourth-order valence-electron chi connectivity index (χ4n) is 1.77. The molecule has 3 heterocycles. The summed E-state index contributed by atoms with van der Waals surface area (Å²) < 4.78 is 0. The summed E-state index contributed by atoms with van der Waals surface area (Å²) in [6, 6.07) is 4.30. The van der Waals surface area contributed by atoms with E-state index < -0.39 is 12.1 Å². The van der Waals surface area contributed by atoms with Gasteiger partial charge in [0.15, 0.2) is 6.04 Å². The first-order valence-corrected chi connectivity index (χ1v) is 4.79. The van der Waals surface area contributed by atoms with Gasteiger partial charge < -0.3 is 10.3 Å². The largest absolute Gasteiger partial charge is 0.355 e. The number of amides is 3. The molecule has 1 saturated heterocycles. The average molecular weight is 216 g/mol. The molecule has 3 amide bonds. The highest BCUT2D eigenvalue weighted by molar-refractivity contribution is 6.04. The molecule has 1 atom stereocenters. The first-order valence-electron chi connectivity index (χ1n) is 4.79. The van der Waals surface area contributed by atoms with Crippen molar-refractivity contribution in [3.05, 3.63) is 30.1 Å². The number of carbonyl (C=O) groups excluding carboxylic acids is 2. The number of carbonyl (C=O) groups is 2. The molecule has 2 aromatic rings. The Kier molecular flexibility index (Phi) is 1.70. The Labute approximate surface area is 90.1 Å². The monoisotopic (exact) mass is 216 g/mol.